The lowest BCUT2D eigenvalue weighted by Gasteiger charge is -2.11. The summed E-state index contributed by atoms with van der Waals surface area (Å²) in [4.78, 5) is 24.0. The van der Waals surface area contributed by atoms with E-state index in [4.69, 9.17) is 13.9 Å². The Bertz CT molecular complexity index is 897. The van der Waals surface area contributed by atoms with Crippen molar-refractivity contribution in [1.82, 2.24) is 0 Å². The van der Waals surface area contributed by atoms with E-state index in [-0.39, 0.29) is 17.9 Å². The minimum Gasteiger partial charge on any atom is -0.463 e. The van der Waals surface area contributed by atoms with Gasteiger partial charge >= 0.3 is 11.9 Å². The Kier molecular flexibility index (Phi) is 5.34. The van der Waals surface area contributed by atoms with Crippen molar-refractivity contribution in [2.45, 2.75) is 6.61 Å². The van der Waals surface area contributed by atoms with E-state index >= 15 is 0 Å². The second-order valence-electron chi connectivity index (χ2n) is 5.25. The van der Waals surface area contributed by atoms with Crippen molar-refractivity contribution < 1.29 is 28.2 Å². The Hall–Kier alpha value is -3.54. The molecular weight excluding hydrogens is 336 g/mol. The third-order valence-corrected chi connectivity index (χ3v) is 3.55. The van der Waals surface area contributed by atoms with Crippen LogP contribution in [0.4, 0.5) is 0 Å². The molecule has 3 rings (SSSR count). The molecule has 6 heteroatoms. The van der Waals surface area contributed by atoms with Crippen LogP contribution in [0.5, 0.6) is 11.5 Å². The molecule has 0 spiro atoms. The molecule has 0 aliphatic rings. The van der Waals surface area contributed by atoms with Gasteiger partial charge < -0.3 is 18.6 Å². The Balaban J connectivity index is 1.73. The largest absolute Gasteiger partial charge is 0.463 e. The fraction of sp³-hybridized carbons (Fsp3) is 0.100. The number of ether oxygens (including phenoxy) is 3. The molecule has 0 amide bonds. The third kappa shape index (κ3) is 3.92. The molecule has 0 fully saturated rings. The van der Waals surface area contributed by atoms with Crippen molar-refractivity contribution in [1.29, 1.82) is 0 Å². The predicted molar refractivity (Wildman–Crippen MR) is 92.1 cm³/mol. The van der Waals surface area contributed by atoms with Gasteiger partial charge in [0.2, 0.25) is 5.76 Å². The number of rotatable bonds is 6. The fourth-order valence-electron chi connectivity index (χ4n) is 2.28. The molecule has 6 nitrogen and oxygen atoms in total. The second kappa shape index (κ2) is 8.02. The highest BCUT2D eigenvalue weighted by molar-refractivity contribution is 5.93. The summed E-state index contributed by atoms with van der Waals surface area (Å²) in [6, 6.07) is 17.4. The zero-order valence-electron chi connectivity index (χ0n) is 14.0. The number of methoxy groups -OCH3 is 1. The summed E-state index contributed by atoms with van der Waals surface area (Å²) in [7, 11) is 1.25. The van der Waals surface area contributed by atoms with Crippen LogP contribution in [0, 0.1) is 0 Å². The number of carbonyl (C=O) groups excluding carboxylic acids is 2. The molecule has 1 heterocycles. The number of hydrogen-bond acceptors (Lipinski definition) is 6. The molecule has 0 unspecified atom stereocenters. The molecule has 0 aliphatic heterocycles. The molecular formula is C20H16O6. The fourth-order valence-corrected chi connectivity index (χ4v) is 2.28. The summed E-state index contributed by atoms with van der Waals surface area (Å²) in [6.07, 6.45) is 1.34. The molecule has 0 saturated carbocycles. The predicted octanol–water partition coefficient (Wildman–Crippen LogP) is 4.22. The summed E-state index contributed by atoms with van der Waals surface area (Å²) < 4.78 is 20.7. The number of furan rings is 1. The topological polar surface area (TPSA) is 75.0 Å². The molecule has 0 bridgehead atoms. The molecule has 3 aromatic rings. The molecule has 0 atom stereocenters. The van der Waals surface area contributed by atoms with E-state index in [0.29, 0.717) is 17.1 Å². The van der Waals surface area contributed by atoms with E-state index in [1.54, 1.807) is 42.5 Å². The number of hydrogen-bond donors (Lipinski definition) is 0. The van der Waals surface area contributed by atoms with Crippen LogP contribution in [-0.2, 0) is 16.1 Å². The molecule has 26 heavy (non-hydrogen) atoms. The van der Waals surface area contributed by atoms with E-state index in [0.717, 1.165) is 0 Å². The third-order valence-electron chi connectivity index (χ3n) is 3.55. The van der Waals surface area contributed by atoms with Gasteiger partial charge in [-0.1, -0.05) is 30.3 Å². The normalized spacial score (nSPS) is 10.2. The smallest absolute Gasteiger partial charge is 0.374 e. The van der Waals surface area contributed by atoms with Gasteiger partial charge in [0.15, 0.2) is 0 Å². The SMILES string of the molecule is COC(=O)c1occc1COC(=O)c1ccccc1Oc1ccccc1. The summed E-state index contributed by atoms with van der Waals surface area (Å²) in [5.41, 5.74) is 0.700. The molecule has 0 N–H and O–H groups in total. The second-order valence-corrected chi connectivity index (χ2v) is 5.25. The Morgan fingerprint density at radius 2 is 1.65 bits per heavy atom. The minimum atomic E-state index is -0.631. The van der Waals surface area contributed by atoms with Gasteiger partial charge in [0.25, 0.3) is 0 Å². The van der Waals surface area contributed by atoms with Gasteiger partial charge in [-0.2, -0.15) is 0 Å². The quantitative estimate of drug-likeness (QED) is 0.619. The zero-order chi connectivity index (χ0) is 18.4. The molecule has 0 radical (unpaired) electrons. The maximum absolute atomic E-state index is 12.5. The molecule has 0 aliphatic carbocycles. The minimum absolute atomic E-state index is 0.00845. The maximum Gasteiger partial charge on any atom is 0.374 e. The molecule has 0 saturated heterocycles. The molecule has 1 aromatic heterocycles. The number of esters is 2. The average Bonchev–Trinajstić information content (AvgIpc) is 3.15. The first-order valence-corrected chi connectivity index (χ1v) is 7.83. The van der Waals surface area contributed by atoms with Gasteiger partial charge in [0.1, 0.15) is 23.7 Å². The van der Waals surface area contributed by atoms with Crippen LogP contribution in [0.25, 0.3) is 0 Å². The van der Waals surface area contributed by atoms with Crippen molar-refractivity contribution in [2.75, 3.05) is 7.11 Å². The first-order valence-electron chi connectivity index (χ1n) is 7.83. The first-order chi connectivity index (χ1) is 12.7. The van der Waals surface area contributed by atoms with E-state index in [1.165, 1.54) is 13.4 Å². The monoisotopic (exact) mass is 352 g/mol. The van der Waals surface area contributed by atoms with Crippen LogP contribution in [0.1, 0.15) is 26.5 Å². The highest BCUT2D eigenvalue weighted by atomic mass is 16.5. The van der Waals surface area contributed by atoms with E-state index in [2.05, 4.69) is 4.74 Å². The van der Waals surface area contributed by atoms with Gasteiger partial charge in [-0.25, -0.2) is 9.59 Å². The number of carbonyl (C=O) groups is 2. The molecule has 132 valence electrons. The van der Waals surface area contributed by atoms with Crippen molar-refractivity contribution in [3.05, 3.63) is 83.8 Å². The van der Waals surface area contributed by atoms with E-state index in [1.807, 2.05) is 18.2 Å². The van der Waals surface area contributed by atoms with Gasteiger partial charge in [-0.3, -0.25) is 0 Å². The van der Waals surface area contributed by atoms with Gasteiger partial charge in [0.05, 0.1) is 13.4 Å². The standard InChI is InChI=1S/C20H16O6/c1-23-20(22)18-14(11-12-24-18)13-25-19(21)16-9-5-6-10-17(16)26-15-7-3-2-4-8-15/h2-12H,13H2,1H3. The van der Waals surface area contributed by atoms with Crippen molar-refractivity contribution in [2.24, 2.45) is 0 Å². The van der Waals surface area contributed by atoms with Crippen LogP contribution in [0.3, 0.4) is 0 Å². The van der Waals surface area contributed by atoms with E-state index < -0.39 is 11.9 Å². The van der Waals surface area contributed by atoms with Crippen LogP contribution in [0.15, 0.2) is 71.3 Å². The summed E-state index contributed by atoms with van der Waals surface area (Å²) in [5.74, 6) is -0.212. The van der Waals surface area contributed by atoms with Crippen LogP contribution in [-0.4, -0.2) is 19.0 Å². The van der Waals surface area contributed by atoms with Gasteiger partial charge in [-0.15, -0.1) is 0 Å². The van der Waals surface area contributed by atoms with Crippen LogP contribution < -0.4 is 4.74 Å². The maximum atomic E-state index is 12.5. The highest BCUT2D eigenvalue weighted by Gasteiger charge is 2.19. The lowest BCUT2D eigenvalue weighted by molar-refractivity contribution is 0.0451. The van der Waals surface area contributed by atoms with Crippen molar-refractivity contribution >= 4 is 11.9 Å². The Labute approximate surface area is 149 Å². The highest BCUT2D eigenvalue weighted by Crippen LogP contribution is 2.26. The van der Waals surface area contributed by atoms with Gasteiger partial charge in [-0.05, 0) is 30.3 Å². The summed E-state index contributed by atoms with van der Waals surface area (Å²) in [5, 5.41) is 0. The Morgan fingerprint density at radius 3 is 2.42 bits per heavy atom. The first kappa shape index (κ1) is 17.3. The van der Waals surface area contributed by atoms with Crippen LogP contribution >= 0.6 is 0 Å². The lowest BCUT2D eigenvalue weighted by atomic mass is 10.2. The average molecular weight is 352 g/mol. The zero-order valence-corrected chi connectivity index (χ0v) is 14.0. The number of benzene rings is 2. The lowest BCUT2D eigenvalue weighted by Crippen LogP contribution is -2.09. The van der Waals surface area contributed by atoms with Crippen LogP contribution in [0.2, 0.25) is 0 Å². The van der Waals surface area contributed by atoms with Gasteiger partial charge in [0, 0.05) is 5.56 Å². The molecule has 2 aromatic carbocycles. The van der Waals surface area contributed by atoms with E-state index in [9.17, 15) is 9.59 Å². The summed E-state index contributed by atoms with van der Waals surface area (Å²) in [6.45, 7) is -0.126. The van der Waals surface area contributed by atoms with Crippen molar-refractivity contribution in [3.8, 4) is 11.5 Å². The Morgan fingerprint density at radius 1 is 0.923 bits per heavy atom. The number of para-hydroxylation sites is 2. The van der Waals surface area contributed by atoms with Crippen molar-refractivity contribution in [3.63, 3.8) is 0 Å². The summed E-state index contributed by atoms with van der Waals surface area (Å²) >= 11 is 0.